The lowest BCUT2D eigenvalue weighted by Gasteiger charge is -2.51. The van der Waals surface area contributed by atoms with Gasteiger partial charge in [0, 0.05) is 12.0 Å². The number of carboxylic acids is 1. The molecular weight excluding hydrogens is 532 g/mol. The largest absolute Gasteiger partial charge is 0.486 e. The van der Waals surface area contributed by atoms with E-state index in [2.05, 4.69) is 0 Å². The van der Waals surface area contributed by atoms with Crippen LogP contribution in [0.25, 0.3) is 11.1 Å². The number of sulfonamides is 1. The van der Waals surface area contributed by atoms with Crippen molar-refractivity contribution in [2.45, 2.75) is 42.8 Å². The van der Waals surface area contributed by atoms with Crippen molar-refractivity contribution in [3.05, 3.63) is 77.9 Å². The Morgan fingerprint density at radius 1 is 1.10 bits per heavy atom. The lowest BCUT2D eigenvalue weighted by Crippen LogP contribution is -2.60. The van der Waals surface area contributed by atoms with Crippen LogP contribution in [0, 0.1) is 24.0 Å². The molecule has 1 heterocycles. The zero-order chi connectivity index (χ0) is 28.2. The molecular formula is C28H27F2NO7S. The van der Waals surface area contributed by atoms with E-state index in [-0.39, 0.29) is 53.3 Å². The third kappa shape index (κ3) is 4.86. The predicted molar refractivity (Wildman–Crippen MR) is 138 cm³/mol. The van der Waals surface area contributed by atoms with Crippen LogP contribution < -0.4 is 9.04 Å². The minimum absolute atomic E-state index is 0.00249. The van der Waals surface area contributed by atoms with Crippen molar-refractivity contribution in [2.75, 3.05) is 17.5 Å². The number of hydrogen-bond acceptors (Lipinski definition) is 6. The lowest BCUT2D eigenvalue weighted by molar-refractivity contribution is -0.193. The summed E-state index contributed by atoms with van der Waals surface area (Å²) < 4.78 is 63.4. The van der Waals surface area contributed by atoms with Crippen LogP contribution in [0.4, 0.5) is 14.5 Å². The number of nitrogens with zero attached hydrogens (tertiary/aromatic N) is 1. The predicted octanol–water partition coefficient (Wildman–Crippen LogP) is 3.87. The first-order chi connectivity index (χ1) is 18.4. The van der Waals surface area contributed by atoms with E-state index in [1.807, 2.05) is 0 Å². The summed E-state index contributed by atoms with van der Waals surface area (Å²) in [5.74, 6) is -2.41. The molecule has 0 radical (unpaired) electrons. The number of rotatable bonds is 7. The van der Waals surface area contributed by atoms with E-state index in [0.717, 1.165) is 22.5 Å². The molecule has 3 aromatic rings. The van der Waals surface area contributed by atoms with Gasteiger partial charge in [-0.2, -0.15) is 0 Å². The average molecular weight is 560 g/mol. The smallest absolute Gasteiger partial charge is 0.310 e. The van der Waals surface area contributed by atoms with Crippen LogP contribution in [0.2, 0.25) is 0 Å². The van der Waals surface area contributed by atoms with Crippen molar-refractivity contribution in [3.63, 3.8) is 0 Å². The minimum atomic E-state index is -4.19. The van der Waals surface area contributed by atoms with Gasteiger partial charge < -0.3 is 20.1 Å². The maximum absolute atomic E-state index is 14.6. The standard InChI is InChI=1S/C28H27F2NO7S/c1-17-3-2-4-21(9-17)39(36,37)31-13-20(12-27(26(33)34)14-28(35,15-27)16-32)38-25-8-5-18(10-24(25)31)22-11-19(29)6-7-23(22)30/h2-11,20,32,35H,12-16H2,1H3,(H,33,34)/t20-,27?,28?/m0/s1. The van der Waals surface area contributed by atoms with Crippen LogP contribution in [0.3, 0.4) is 0 Å². The second-order valence-corrected chi connectivity index (χ2v) is 12.3. The summed E-state index contributed by atoms with van der Waals surface area (Å²) in [5, 5.41) is 29.7. The molecule has 8 nitrogen and oxygen atoms in total. The first-order valence-corrected chi connectivity index (χ1v) is 13.7. The zero-order valence-electron chi connectivity index (χ0n) is 21.0. The number of carboxylic acid groups (broad SMARTS) is 1. The van der Waals surface area contributed by atoms with Crippen molar-refractivity contribution in [1.82, 2.24) is 0 Å². The molecule has 1 fully saturated rings. The highest BCUT2D eigenvalue weighted by Crippen LogP contribution is 2.53. The molecule has 0 spiro atoms. The van der Waals surface area contributed by atoms with E-state index in [9.17, 15) is 37.3 Å². The maximum atomic E-state index is 14.6. The number of hydrogen-bond donors (Lipinski definition) is 3. The number of halogens is 2. The van der Waals surface area contributed by atoms with Crippen LogP contribution in [0.15, 0.2) is 65.6 Å². The van der Waals surface area contributed by atoms with Gasteiger partial charge in [-0.25, -0.2) is 17.2 Å². The van der Waals surface area contributed by atoms with Crippen LogP contribution in [-0.2, 0) is 14.8 Å². The first kappa shape index (κ1) is 27.0. The fourth-order valence-corrected chi connectivity index (χ4v) is 7.18. The van der Waals surface area contributed by atoms with Crippen molar-refractivity contribution >= 4 is 21.7 Å². The summed E-state index contributed by atoms with van der Waals surface area (Å²) in [4.78, 5) is 12.2. The van der Waals surface area contributed by atoms with Crippen LogP contribution in [0.1, 0.15) is 24.8 Å². The van der Waals surface area contributed by atoms with Crippen molar-refractivity contribution in [1.29, 1.82) is 0 Å². The number of ether oxygens (including phenoxy) is 1. The maximum Gasteiger partial charge on any atom is 0.310 e. The second kappa shape index (κ2) is 9.58. The molecule has 0 amide bonds. The number of fused-ring (bicyclic) bond motifs is 1. The van der Waals surface area contributed by atoms with Crippen LogP contribution in [-0.4, -0.2) is 54.6 Å². The van der Waals surface area contributed by atoms with Gasteiger partial charge in [0.2, 0.25) is 0 Å². The molecule has 2 aliphatic rings. The van der Waals surface area contributed by atoms with E-state index in [1.54, 1.807) is 19.1 Å². The minimum Gasteiger partial charge on any atom is -0.486 e. The SMILES string of the molecule is Cc1cccc(S(=O)(=O)N2C[C@H](CC3(C(=O)O)CC(O)(CO)C3)Oc3ccc(-c4cc(F)ccc4F)cc32)c1. The summed E-state index contributed by atoms with van der Waals surface area (Å²) >= 11 is 0. The lowest BCUT2D eigenvalue weighted by atomic mass is 9.57. The molecule has 1 aliphatic heterocycles. The fraction of sp³-hybridized carbons (Fsp3) is 0.321. The van der Waals surface area contributed by atoms with Gasteiger partial charge >= 0.3 is 5.97 Å². The molecule has 0 unspecified atom stereocenters. The molecule has 11 heteroatoms. The molecule has 0 aromatic heterocycles. The van der Waals surface area contributed by atoms with E-state index in [0.29, 0.717) is 5.56 Å². The van der Waals surface area contributed by atoms with Crippen molar-refractivity contribution in [3.8, 4) is 16.9 Å². The highest BCUT2D eigenvalue weighted by molar-refractivity contribution is 7.92. The summed E-state index contributed by atoms with van der Waals surface area (Å²) in [6, 6.07) is 13.6. The summed E-state index contributed by atoms with van der Waals surface area (Å²) in [6.45, 7) is 0.893. The second-order valence-electron chi connectivity index (χ2n) is 10.4. The third-order valence-corrected chi connectivity index (χ3v) is 9.18. The number of aliphatic hydroxyl groups is 2. The molecule has 3 aromatic carbocycles. The molecule has 3 N–H and O–H groups in total. The molecule has 39 heavy (non-hydrogen) atoms. The van der Waals surface area contributed by atoms with Crippen LogP contribution >= 0.6 is 0 Å². The Bertz CT molecular complexity index is 1550. The Morgan fingerprint density at radius 3 is 2.51 bits per heavy atom. The van der Waals surface area contributed by atoms with Gasteiger partial charge in [-0.1, -0.05) is 18.2 Å². The van der Waals surface area contributed by atoms with Gasteiger partial charge in [-0.15, -0.1) is 0 Å². The summed E-state index contributed by atoms with van der Waals surface area (Å²) in [7, 11) is -4.19. The van der Waals surface area contributed by atoms with Gasteiger partial charge in [0.25, 0.3) is 10.0 Å². The molecule has 0 saturated heterocycles. The number of aliphatic carboxylic acids is 1. The molecule has 0 bridgehead atoms. The van der Waals surface area contributed by atoms with Crippen molar-refractivity contribution < 1.29 is 42.0 Å². The zero-order valence-corrected chi connectivity index (χ0v) is 21.8. The van der Waals surface area contributed by atoms with E-state index >= 15 is 0 Å². The topological polar surface area (TPSA) is 124 Å². The monoisotopic (exact) mass is 559 g/mol. The molecule has 1 atom stereocenters. The van der Waals surface area contributed by atoms with Gasteiger partial charge in [0.15, 0.2) is 0 Å². The van der Waals surface area contributed by atoms with Gasteiger partial charge in [-0.05, 0) is 73.4 Å². The van der Waals surface area contributed by atoms with Crippen LogP contribution in [0.5, 0.6) is 5.75 Å². The molecule has 1 aliphatic carbocycles. The quantitative estimate of drug-likeness (QED) is 0.401. The van der Waals surface area contributed by atoms with Gasteiger partial charge in [-0.3, -0.25) is 9.10 Å². The van der Waals surface area contributed by atoms with E-state index in [1.165, 1.54) is 30.3 Å². The number of aryl methyl sites for hydroxylation is 1. The highest BCUT2D eigenvalue weighted by Gasteiger charge is 2.59. The highest BCUT2D eigenvalue weighted by atomic mass is 32.2. The Balaban J connectivity index is 1.58. The van der Waals surface area contributed by atoms with Crippen molar-refractivity contribution in [2.24, 2.45) is 5.41 Å². The molecule has 5 rings (SSSR count). The number of carbonyl (C=O) groups is 1. The number of anilines is 1. The number of aliphatic hydroxyl groups excluding tert-OH is 1. The Kier molecular flexibility index (Phi) is 6.64. The summed E-state index contributed by atoms with van der Waals surface area (Å²) in [5.41, 5.74) is -1.97. The Morgan fingerprint density at radius 2 is 1.85 bits per heavy atom. The fourth-order valence-electron chi connectivity index (χ4n) is 5.57. The number of benzene rings is 3. The third-order valence-electron chi connectivity index (χ3n) is 7.41. The Hall–Kier alpha value is -3.54. The van der Waals surface area contributed by atoms with E-state index in [4.69, 9.17) is 4.74 Å². The van der Waals surface area contributed by atoms with Gasteiger partial charge in [0.1, 0.15) is 23.5 Å². The van der Waals surface area contributed by atoms with Gasteiger partial charge in [0.05, 0.1) is 34.8 Å². The normalized spacial score (nSPS) is 24.4. The first-order valence-electron chi connectivity index (χ1n) is 12.3. The Labute approximate surface area is 224 Å². The van der Waals surface area contributed by atoms with E-state index < -0.39 is 51.4 Å². The molecule has 1 saturated carbocycles. The summed E-state index contributed by atoms with van der Waals surface area (Å²) in [6.07, 6.45) is -1.44. The average Bonchev–Trinajstić information content (AvgIpc) is 2.88. The molecule has 206 valence electrons.